The van der Waals surface area contributed by atoms with Gasteiger partial charge in [0.2, 0.25) is 16.9 Å². The van der Waals surface area contributed by atoms with Gasteiger partial charge < -0.3 is 50.9 Å². The van der Waals surface area contributed by atoms with Crippen LogP contribution in [0.2, 0.25) is 0 Å². The van der Waals surface area contributed by atoms with Crippen LogP contribution in [-0.2, 0) is 50.7 Å². The predicted molar refractivity (Wildman–Crippen MR) is 265 cm³/mol. The van der Waals surface area contributed by atoms with E-state index in [1.165, 1.54) is 110 Å². The molecule has 3 heterocycles. The van der Waals surface area contributed by atoms with E-state index in [4.69, 9.17) is 19.5 Å². The average molecular weight is 1090 g/mol. The third-order valence-electron chi connectivity index (χ3n) is 11.5. The molecule has 24 nitrogen and oxygen atoms in total. The number of nitrogens with one attached hydrogen (secondary N) is 2. The van der Waals surface area contributed by atoms with Crippen molar-refractivity contribution in [1.29, 1.82) is 0 Å². The highest BCUT2D eigenvalue weighted by molar-refractivity contribution is 8.14. The van der Waals surface area contributed by atoms with E-state index in [0.717, 1.165) is 48.2 Å². The Kier molecular flexibility index (Phi) is 28.1. The molecule has 7 atom stereocenters. The number of phosphoric acid groups is 3. The first kappa shape index (κ1) is 62.6. The zero-order chi connectivity index (χ0) is 52.5. The van der Waals surface area contributed by atoms with Crippen molar-refractivity contribution in [2.75, 3.05) is 37.8 Å². The van der Waals surface area contributed by atoms with Crippen LogP contribution in [0, 0.1) is 5.41 Å². The molecule has 1 saturated heterocycles. The van der Waals surface area contributed by atoms with Crippen LogP contribution in [-0.4, -0.2) is 123 Å². The molecular weight excluding hydrogens is 1010 g/mol. The number of allylic oxidation sites excluding steroid dienone is 1. The minimum Gasteiger partial charge on any atom is -0.386 e. The van der Waals surface area contributed by atoms with Crippen molar-refractivity contribution in [3.63, 3.8) is 0 Å². The number of fused-ring (bicyclic) bond motifs is 1. The lowest BCUT2D eigenvalue weighted by atomic mass is 9.87. The van der Waals surface area contributed by atoms with Gasteiger partial charge in [-0.1, -0.05) is 141 Å². The van der Waals surface area contributed by atoms with Crippen molar-refractivity contribution in [2.24, 2.45) is 5.41 Å². The molecule has 0 bridgehead atoms. The zero-order valence-electron chi connectivity index (χ0n) is 41.0. The number of ether oxygens (including phenoxy) is 1. The average Bonchev–Trinajstić information content (AvgIpc) is 3.86. The number of thioether (sulfide) groups is 1. The molecule has 2 amide bonds. The summed E-state index contributed by atoms with van der Waals surface area (Å²) in [4.78, 5) is 88.4. The second kappa shape index (κ2) is 31.9. The number of unbranched alkanes of at least 4 members (excludes halogenated alkanes) is 17. The number of nitrogens with two attached hydrogens (primary N) is 1. The molecule has 7 unspecified atom stereocenters. The van der Waals surface area contributed by atoms with Crippen molar-refractivity contribution in [3.05, 3.63) is 24.8 Å². The molecule has 0 aliphatic carbocycles. The summed E-state index contributed by atoms with van der Waals surface area (Å²) in [6.07, 6.45) is 19.6. The van der Waals surface area contributed by atoms with Gasteiger partial charge in [-0.25, -0.2) is 28.6 Å². The van der Waals surface area contributed by atoms with Crippen molar-refractivity contribution in [1.82, 2.24) is 30.2 Å². The SMILES string of the molecule is CCCCCCCCCCCCCCCCCCC/C=C/C(=O)SCCNC(=O)CCNC(=O)C(O)C(C)(C)COP(=O)(O)OP(=O)(O)OCC1OC(n2cnc3c(N)ncnc32)C(O)C1OP(=O)(O)O. The number of nitrogen functional groups attached to an aromatic ring is 1. The van der Waals surface area contributed by atoms with Gasteiger partial charge in [-0.2, -0.15) is 4.31 Å². The van der Waals surface area contributed by atoms with E-state index in [-0.39, 0.29) is 41.6 Å². The maximum Gasteiger partial charge on any atom is 0.481 e. The minimum atomic E-state index is -5.58. The molecule has 1 fully saturated rings. The molecule has 0 radical (unpaired) electrons. The Labute approximate surface area is 419 Å². The molecule has 0 spiro atoms. The highest BCUT2D eigenvalue weighted by atomic mass is 32.2. The summed E-state index contributed by atoms with van der Waals surface area (Å²) in [5.74, 6) is -1.09. The van der Waals surface area contributed by atoms with Crippen LogP contribution in [0.15, 0.2) is 24.8 Å². The molecule has 406 valence electrons. The number of imidazole rings is 1. The van der Waals surface area contributed by atoms with Crippen molar-refractivity contribution in [3.8, 4) is 0 Å². The molecule has 2 aromatic rings. The third kappa shape index (κ3) is 24.5. The lowest BCUT2D eigenvalue weighted by Crippen LogP contribution is -2.46. The molecule has 0 aromatic carbocycles. The van der Waals surface area contributed by atoms with Gasteiger partial charge in [0.05, 0.1) is 19.5 Å². The van der Waals surface area contributed by atoms with Gasteiger partial charge in [-0.05, 0) is 18.9 Å². The zero-order valence-corrected chi connectivity index (χ0v) is 44.5. The number of hydrogen-bond acceptors (Lipinski definition) is 18. The van der Waals surface area contributed by atoms with Gasteiger partial charge in [0.1, 0.15) is 36.3 Å². The number of carbonyl (C=O) groups excluding carboxylic acids is 3. The molecule has 0 saturated carbocycles. The number of aliphatic hydroxyl groups excluding tert-OH is 2. The Morgan fingerprint density at radius 3 is 2.03 bits per heavy atom. The van der Waals surface area contributed by atoms with E-state index in [1.54, 1.807) is 6.08 Å². The standard InChI is InChI=1S/C43H76N7O17P3S/c1-4-5-6-7-8-9-10-11-12-13-14-15-16-17-18-19-20-21-22-23-34(52)71-27-26-45-33(51)24-25-46-41(55)38(54)43(2,3)29-64-70(61,62)67-69(59,60)63-28-32-37(66-68(56,57)58)36(53)42(65-32)50-31-49-35-39(44)47-30-48-40(35)50/h22-23,30-32,36-38,42,53-54H,4-21,24-29H2,1-3H3,(H,45,51)(H,46,55)(H,59,60)(H,61,62)(H2,44,47,48)(H2,56,57,58)/b23-22+. The fourth-order valence-electron chi connectivity index (χ4n) is 7.50. The molecule has 3 rings (SSSR count). The molecule has 10 N–H and O–H groups in total. The number of aliphatic hydroxyl groups is 2. The third-order valence-corrected chi connectivity index (χ3v) is 15.4. The number of aromatic nitrogens is 4. The summed E-state index contributed by atoms with van der Waals surface area (Å²) >= 11 is 1.07. The van der Waals surface area contributed by atoms with Crippen molar-refractivity contribution < 1.29 is 80.5 Å². The Morgan fingerprint density at radius 2 is 1.44 bits per heavy atom. The molecule has 2 aromatic heterocycles. The quantitative estimate of drug-likeness (QED) is 0.0203. The van der Waals surface area contributed by atoms with E-state index in [1.807, 2.05) is 6.08 Å². The Morgan fingerprint density at radius 1 is 0.859 bits per heavy atom. The Bertz CT molecular complexity index is 2120. The van der Waals surface area contributed by atoms with Crippen LogP contribution >= 0.6 is 35.2 Å². The number of nitrogens with zero attached hydrogens (tertiary/aromatic N) is 4. The van der Waals surface area contributed by atoms with Gasteiger partial charge in [0.25, 0.3) is 0 Å². The lowest BCUT2D eigenvalue weighted by molar-refractivity contribution is -0.137. The molecule has 1 aliphatic heterocycles. The topological polar surface area (TPSA) is 364 Å². The summed E-state index contributed by atoms with van der Waals surface area (Å²) < 4.78 is 62.5. The largest absolute Gasteiger partial charge is 0.481 e. The highest BCUT2D eigenvalue weighted by Gasteiger charge is 2.50. The molecule has 1 aliphatic rings. The number of amides is 2. The van der Waals surface area contributed by atoms with E-state index in [0.29, 0.717) is 5.75 Å². The molecular formula is C43H76N7O17P3S. The second-order valence-corrected chi connectivity index (χ2v) is 23.4. The molecule has 71 heavy (non-hydrogen) atoms. The van der Waals surface area contributed by atoms with E-state index >= 15 is 0 Å². The number of carbonyl (C=O) groups is 3. The van der Waals surface area contributed by atoms with Gasteiger partial charge in [-0.15, -0.1) is 0 Å². The summed E-state index contributed by atoms with van der Waals surface area (Å²) in [5.41, 5.74) is 4.29. The first-order valence-electron chi connectivity index (χ1n) is 24.3. The minimum absolute atomic E-state index is 0.0329. The number of anilines is 1. The Hall–Kier alpha value is -2.70. The maximum absolute atomic E-state index is 12.8. The van der Waals surface area contributed by atoms with Crippen molar-refractivity contribution >= 4 is 69.1 Å². The smallest absolute Gasteiger partial charge is 0.386 e. The Balaban J connectivity index is 1.26. The molecule has 28 heteroatoms. The first-order valence-corrected chi connectivity index (χ1v) is 29.8. The number of hydrogen-bond donors (Lipinski definition) is 9. The van der Waals surface area contributed by atoms with E-state index in [9.17, 15) is 57.9 Å². The van der Waals surface area contributed by atoms with Crippen LogP contribution in [0.3, 0.4) is 0 Å². The van der Waals surface area contributed by atoms with Crippen LogP contribution in [0.5, 0.6) is 0 Å². The highest BCUT2D eigenvalue weighted by Crippen LogP contribution is 2.61. The summed E-state index contributed by atoms with van der Waals surface area (Å²) in [7, 11) is -16.4. The fraction of sp³-hybridized carbons (Fsp3) is 0.767. The summed E-state index contributed by atoms with van der Waals surface area (Å²) in [6.45, 7) is 2.78. The predicted octanol–water partition coefficient (Wildman–Crippen LogP) is 6.26. The van der Waals surface area contributed by atoms with Crippen LogP contribution in [0.4, 0.5) is 5.82 Å². The summed E-state index contributed by atoms with van der Waals surface area (Å²) in [5, 5.41) is 26.5. The van der Waals surface area contributed by atoms with Crippen LogP contribution < -0.4 is 16.4 Å². The normalized spacial score (nSPS) is 19.7. The van der Waals surface area contributed by atoms with Crippen LogP contribution in [0.1, 0.15) is 149 Å². The number of rotatable bonds is 38. The van der Waals surface area contributed by atoms with Gasteiger partial charge in [0, 0.05) is 30.7 Å². The van der Waals surface area contributed by atoms with Crippen LogP contribution in [0.25, 0.3) is 11.2 Å². The lowest BCUT2D eigenvalue weighted by Gasteiger charge is -2.30. The van der Waals surface area contributed by atoms with Gasteiger partial charge >= 0.3 is 23.5 Å². The van der Waals surface area contributed by atoms with Gasteiger partial charge in [-0.3, -0.25) is 32.5 Å². The maximum atomic E-state index is 12.8. The van der Waals surface area contributed by atoms with Crippen molar-refractivity contribution in [2.45, 2.75) is 173 Å². The second-order valence-electron chi connectivity index (χ2n) is 18.1. The fourth-order valence-corrected chi connectivity index (χ4v) is 10.9. The number of phosphoric ester groups is 3. The van der Waals surface area contributed by atoms with E-state index in [2.05, 4.69) is 41.3 Å². The van der Waals surface area contributed by atoms with Gasteiger partial charge in [0.15, 0.2) is 17.7 Å². The van der Waals surface area contributed by atoms with E-state index < -0.39 is 84.6 Å². The monoisotopic (exact) mass is 1090 g/mol. The first-order chi connectivity index (χ1) is 33.6. The summed E-state index contributed by atoms with van der Waals surface area (Å²) in [6, 6.07) is 0.